The second-order valence-corrected chi connectivity index (χ2v) is 5.12. The molecule has 24 heavy (non-hydrogen) atoms. The lowest BCUT2D eigenvalue weighted by Crippen LogP contribution is -2.30. The van der Waals surface area contributed by atoms with Gasteiger partial charge in [-0.05, 0) is 36.4 Å². The van der Waals surface area contributed by atoms with Crippen LogP contribution in [-0.2, 0) is 6.54 Å². The number of hydrogen-bond donors (Lipinski definition) is 1. The van der Waals surface area contributed by atoms with E-state index in [-0.39, 0.29) is 24.1 Å². The van der Waals surface area contributed by atoms with Crippen LogP contribution < -0.4 is 10.2 Å². The summed E-state index contributed by atoms with van der Waals surface area (Å²) >= 11 is 0. The molecule has 0 bridgehead atoms. The van der Waals surface area contributed by atoms with Crippen molar-refractivity contribution in [3.63, 3.8) is 0 Å². The summed E-state index contributed by atoms with van der Waals surface area (Å²) in [6.07, 6.45) is 2.98. The van der Waals surface area contributed by atoms with Crippen molar-refractivity contribution in [1.29, 1.82) is 0 Å². The number of anilines is 1. The summed E-state index contributed by atoms with van der Waals surface area (Å²) in [5.74, 6) is 0.247. The summed E-state index contributed by atoms with van der Waals surface area (Å²) in [6, 6.07) is 13.6. The van der Waals surface area contributed by atoms with Crippen molar-refractivity contribution >= 4 is 17.5 Å². The number of carbonyl (C=O) groups excluding carboxylic acids is 2. The van der Waals surface area contributed by atoms with Crippen LogP contribution >= 0.6 is 0 Å². The average Bonchev–Trinajstić information content (AvgIpc) is 3.31. The minimum absolute atomic E-state index is 0.211. The number of carbonyl (C=O) groups is 2. The Bertz CT molecular complexity index is 823. The van der Waals surface area contributed by atoms with Gasteiger partial charge in [-0.1, -0.05) is 12.1 Å². The van der Waals surface area contributed by atoms with Crippen LogP contribution in [0.3, 0.4) is 0 Å². The summed E-state index contributed by atoms with van der Waals surface area (Å²) in [7, 11) is 1.60. The maximum Gasteiger partial charge on any atom is 0.293 e. The summed E-state index contributed by atoms with van der Waals surface area (Å²) < 4.78 is 10.3. The summed E-state index contributed by atoms with van der Waals surface area (Å²) in [4.78, 5) is 26.3. The molecule has 3 aromatic rings. The van der Waals surface area contributed by atoms with E-state index in [0.29, 0.717) is 17.0 Å². The van der Waals surface area contributed by atoms with Gasteiger partial charge in [-0.3, -0.25) is 9.59 Å². The number of nitrogens with zero attached hydrogens (tertiary/aromatic N) is 1. The largest absolute Gasteiger partial charge is 0.467 e. The SMILES string of the molecule is CN(C(=O)c1ccco1)c1ccccc1C(=O)NCc1ccco1. The standard InChI is InChI=1S/C18H16N2O4/c1-20(18(22)16-9-5-11-24-16)15-8-3-2-7-14(15)17(21)19-12-13-6-4-10-23-13/h2-11H,12H2,1H3,(H,19,21). The zero-order chi connectivity index (χ0) is 16.9. The maximum absolute atomic E-state index is 12.5. The highest BCUT2D eigenvalue weighted by atomic mass is 16.3. The van der Waals surface area contributed by atoms with Crippen LogP contribution in [0.5, 0.6) is 0 Å². The van der Waals surface area contributed by atoms with Gasteiger partial charge in [0.1, 0.15) is 5.76 Å². The topological polar surface area (TPSA) is 75.7 Å². The lowest BCUT2D eigenvalue weighted by molar-refractivity contribution is 0.0948. The molecule has 2 amide bonds. The lowest BCUT2D eigenvalue weighted by atomic mass is 10.1. The average molecular weight is 324 g/mol. The molecular weight excluding hydrogens is 308 g/mol. The van der Waals surface area contributed by atoms with Crippen LogP contribution in [0.15, 0.2) is 69.9 Å². The molecule has 0 unspecified atom stereocenters. The van der Waals surface area contributed by atoms with Gasteiger partial charge in [-0.25, -0.2) is 0 Å². The van der Waals surface area contributed by atoms with Gasteiger partial charge in [0.05, 0.1) is 30.3 Å². The summed E-state index contributed by atoms with van der Waals surface area (Å²) in [5, 5.41) is 2.78. The van der Waals surface area contributed by atoms with Crippen molar-refractivity contribution < 1.29 is 18.4 Å². The van der Waals surface area contributed by atoms with E-state index in [1.165, 1.54) is 11.2 Å². The molecule has 0 spiro atoms. The van der Waals surface area contributed by atoms with Crippen LogP contribution in [0, 0.1) is 0 Å². The Morgan fingerprint density at radius 3 is 2.46 bits per heavy atom. The molecule has 6 heteroatoms. The monoisotopic (exact) mass is 324 g/mol. The second-order valence-electron chi connectivity index (χ2n) is 5.12. The van der Waals surface area contributed by atoms with Crippen LogP contribution in [0.1, 0.15) is 26.7 Å². The minimum Gasteiger partial charge on any atom is -0.467 e. The van der Waals surface area contributed by atoms with E-state index in [2.05, 4.69) is 5.32 Å². The van der Waals surface area contributed by atoms with E-state index < -0.39 is 0 Å². The minimum atomic E-state index is -0.328. The number of hydrogen-bond acceptors (Lipinski definition) is 4. The van der Waals surface area contributed by atoms with Gasteiger partial charge < -0.3 is 19.1 Å². The molecule has 1 N–H and O–H groups in total. The fraction of sp³-hybridized carbons (Fsp3) is 0.111. The Balaban J connectivity index is 1.79. The number of benzene rings is 1. The third-order valence-corrected chi connectivity index (χ3v) is 3.55. The predicted octanol–water partition coefficient (Wildman–Crippen LogP) is 3.08. The summed E-state index contributed by atoms with van der Waals surface area (Å²) in [6.45, 7) is 0.274. The molecule has 0 saturated carbocycles. The molecule has 3 rings (SSSR count). The molecule has 0 aliphatic heterocycles. The Labute approximate surface area is 138 Å². The van der Waals surface area contributed by atoms with Gasteiger partial charge in [0.2, 0.25) is 0 Å². The third-order valence-electron chi connectivity index (χ3n) is 3.55. The van der Waals surface area contributed by atoms with Crippen molar-refractivity contribution in [2.45, 2.75) is 6.54 Å². The summed E-state index contributed by atoms with van der Waals surface area (Å²) in [5.41, 5.74) is 0.891. The number of para-hydroxylation sites is 1. The fourth-order valence-electron chi connectivity index (χ4n) is 2.31. The third kappa shape index (κ3) is 3.22. The first-order chi connectivity index (χ1) is 11.7. The Hall–Kier alpha value is -3.28. The van der Waals surface area contributed by atoms with Crippen molar-refractivity contribution in [1.82, 2.24) is 5.32 Å². The molecule has 0 aliphatic carbocycles. The molecule has 0 aliphatic rings. The van der Waals surface area contributed by atoms with Gasteiger partial charge in [0, 0.05) is 7.05 Å². The van der Waals surface area contributed by atoms with Gasteiger partial charge in [-0.2, -0.15) is 0 Å². The Kier molecular flexibility index (Phi) is 4.47. The van der Waals surface area contributed by atoms with Crippen LogP contribution in [0.2, 0.25) is 0 Å². The second kappa shape index (κ2) is 6.87. The molecule has 0 atom stereocenters. The molecule has 0 saturated heterocycles. The molecule has 0 fully saturated rings. The van der Waals surface area contributed by atoms with Gasteiger partial charge >= 0.3 is 0 Å². The zero-order valence-corrected chi connectivity index (χ0v) is 13.1. The number of rotatable bonds is 5. The van der Waals surface area contributed by atoms with E-state index >= 15 is 0 Å². The highest BCUT2D eigenvalue weighted by molar-refractivity contribution is 6.09. The number of amides is 2. The first-order valence-corrected chi connectivity index (χ1v) is 7.38. The molecule has 1 aromatic carbocycles. The van der Waals surface area contributed by atoms with E-state index in [1.54, 1.807) is 61.8 Å². The van der Waals surface area contributed by atoms with Crippen LogP contribution in [0.4, 0.5) is 5.69 Å². The molecule has 122 valence electrons. The van der Waals surface area contributed by atoms with Crippen LogP contribution in [-0.4, -0.2) is 18.9 Å². The predicted molar refractivity (Wildman–Crippen MR) is 87.8 cm³/mol. The maximum atomic E-state index is 12.5. The number of nitrogens with one attached hydrogen (secondary N) is 1. The highest BCUT2D eigenvalue weighted by Gasteiger charge is 2.21. The van der Waals surface area contributed by atoms with E-state index in [0.717, 1.165) is 0 Å². The zero-order valence-electron chi connectivity index (χ0n) is 13.1. The first-order valence-electron chi connectivity index (χ1n) is 7.38. The smallest absolute Gasteiger partial charge is 0.293 e. The van der Waals surface area contributed by atoms with E-state index in [4.69, 9.17) is 8.83 Å². The molecular formula is C18H16N2O4. The quantitative estimate of drug-likeness (QED) is 0.782. The Morgan fingerprint density at radius 1 is 1.00 bits per heavy atom. The van der Waals surface area contributed by atoms with Crippen molar-refractivity contribution in [2.75, 3.05) is 11.9 Å². The van der Waals surface area contributed by atoms with Crippen molar-refractivity contribution in [3.05, 3.63) is 78.1 Å². The molecule has 2 aromatic heterocycles. The van der Waals surface area contributed by atoms with E-state index in [9.17, 15) is 9.59 Å². The first kappa shape index (κ1) is 15.6. The fourth-order valence-corrected chi connectivity index (χ4v) is 2.31. The number of furan rings is 2. The Morgan fingerprint density at radius 2 is 1.75 bits per heavy atom. The van der Waals surface area contributed by atoms with Gasteiger partial charge in [-0.15, -0.1) is 0 Å². The lowest BCUT2D eigenvalue weighted by Gasteiger charge is -2.19. The van der Waals surface area contributed by atoms with Gasteiger partial charge in [0.25, 0.3) is 11.8 Å². The normalized spacial score (nSPS) is 10.4. The van der Waals surface area contributed by atoms with Gasteiger partial charge in [0.15, 0.2) is 5.76 Å². The molecule has 2 heterocycles. The highest BCUT2D eigenvalue weighted by Crippen LogP contribution is 2.21. The molecule has 0 radical (unpaired) electrons. The van der Waals surface area contributed by atoms with Crippen LogP contribution in [0.25, 0.3) is 0 Å². The van der Waals surface area contributed by atoms with Crippen molar-refractivity contribution in [3.8, 4) is 0 Å². The van der Waals surface area contributed by atoms with Crippen molar-refractivity contribution in [2.24, 2.45) is 0 Å². The van der Waals surface area contributed by atoms with E-state index in [1.807, 2.05) is 0 Å². The molecule has 6 nitrogen and oxygen atoms in total.